The first-order valence-electron chi connectivity index (χ1n) is 11.1. The van der Waals surface area contributed by atoms with Gasteiger partial charge in [0.05, 0.1) is 0 Å². The van der Waals surface area contributed by atoms with Crippen LogP contribution in [-0.2, 0) is 0 Å². The molecular formula is C29H26ClNOPS+. The van der Waals surface area contributed by atoms with Gasteiger partial charge in [0.1, 0.15) is 20.3 Å². The van der Waals surface area contributed by atoms with Crippen molar-refractivity contribution in [2.45, 2.75) is 6.92 Å². The number of carbonyl (C=O) groups excluding carboxylic acids is 1. The SMILES string of the molecule is CCS/C(Cl)=C(\NC(=O)c1ccccc1)[P+](c1ccccc1)(c1ccccc1)c1ccccc1. The fraction of sp³-hybridized carbons (Fsp3) is 0.0690. The van der Waals surface area contributed by atoms with E-state index in [4.69, 9.17) is 11.6 Å². The van der Waals surface area contributed by atoms with Crippen LogP contribution in [0.3, 0.4) is 0 Å². The van der Waals surface area contributed by atoms with Crippen LogP contribution < -0.4 is 21.2 Å². The Balaban J connectivity index is 2.05. The quantitative estimate of drug-likeness (QED) is 0.277. The molecular weight excluding hydrogens is 477 g/mol. The van der Waals surface area contributed by atoms with Gasteiger partial charge in [-0.05, 0) is 54.3 Å². The molecule has 0 radical (unpaired) electrons. The molecule has 1 N–H and O–H groups in total. The van der Waals surface area contributed by atoms with Crippen molar-refractivity contribution >= 4 is 52.4 Å². The fourth-order valence-electron chi connectivity index (χ4n) is 4.02. The second kappa shape index (κ2) is 11.5. The molecule has 34 heavy (non-hydrogen) atoms. The van der Waals surface area contributed by atoms with Crippen molar-refractivity contribution in [2.24, 2.45) is 0 Å². The van der Waals surface area contributed by atoms with Crippen LogP contribution in [0.4, 0.5) is 0 Å². The summed E-state index contributed by atoms with van der Waals surface area (Å²) >= 11 is 8.61. The number of hydrogen-bond acceptors (Lipinski definition) is 2. The first-order chi connectivity index (χ1) is 16.7. The van der Waals surface area contributed by atoms with E-state index >= 15 is 0 Å². The number of amides is 1. The van der Waals surface area contributed by atoms with E-state index in [9.17, 15) is 4.79 Å². The highest BCUT2D eigenvalue weighted by Gasteiger charge is 2.52. The summed E-state index contributed by atoms with van der Waals surface area (Å²) in [5.41, 5.74) is 1.36. The van der Waals surface area contributed by atoms with Gasteiger partial charge in [0.25, 0.3) is 5.91 Å². The summed E-state index contributed by atoms with van der Waals surface area (Å²) in [6, 6.07) is 40.5. The van der Waals surface area contributed by atoms with Crippen molar-refractivity contribution in [1.29, 1.82) is 0 Å². The van der Waals surface area contributed by atoms with E-state index in [-0.39, 0.29) is 5.91 Å². The van der Waals surface area contributed by atoms with E-state index in [0.717, 1.165) is 27.1 Å². The van der Waals surface area contributed by atoms with E-state index < -0.39 is 7.26 Å². The van der Waals surface area contributed by atoms with Gasteiger partial charge in [-0.2, -0.15) is 0 Å². The van der Waals surface area contributed by atoms with Crippen LogP contribution in [0.5, 0.6) is 0 Å². The first kappa shape index (κ1) is 24.3. The highest BCUT2D eigenvalue weighted by atomic mass is 35.5. The molecule has 0 spiro atoms. The van der Waals surface area contributed by atoms with E-state index in [2.05, 4.69) is 48.6 Å². The molecule has 0 bridgehead atoms. The maximum Gasteiger partial charge on any atom is 0.258 e. The monoisotopic (exact) mass is 502 g/mol. The van der Waals surface area contributed by atoms with Gasteiger partial charge in [-0.15, -0.1) is 11.8 Å². The minimum atomic E-state index is -2.53. The van der Waals surface area contributed by atoms with Gasteiger partial charge in [0.15, 0.2) is 7.26 Å². The Hall–Kier alpha value is -2.84. The van der Waals surface area contributed by atoms with Crippen LogP contribution in [-0.4, -0.2) is 11.7 Å². The van der Waals surface area contributed by atoms with Crippen molar-refractivity contribution in [1.82, 2.24) is 5.32 Å². The Morgan fingerprint density at radius 2 is 1.09 bits per heavy atom. The number of hydrogen-bond donors (Lipinski definition) is 1. The van der Waals surface area contributed by atoms with Gasteiger partial charge in [-0.1, -0.05) is 91.3 Å². The first-order valence-corrected chi connectivity index (χ1v) is 14.3. The molecule has 4 rings (SSSR count). The molecule has 0 heterocycles. The number of halogens is 1. The lowest BCUT2D eigenvalue weighted by molar-refractivity contribution is 0.0968. The fourth-order valence-corrected chi connectivity index (χ4v) is 9.88. The van der Waals surface area contributed by atoms with Crippen LogP contribution >= 0.6 is 30.6 Å². The lowest BCUT2D eigenvalue weighted by Crippen LogP contribution is -2.38. The lowest BCUT2D eigenvalue weighted by Gasteiger charge is -2.30. The van der Waals surface area contributed by atoms with Crippen LogP contribution in [0, 0.1) is 0 Å². The van der Waals surface area contributed by atoms with Crippen LogP contribution in [0.2, 0.25) is 0 Å². The van der Waals surface area contributed by atoms with Crippen LogP contribution in [0.1, 0.15) is 17.3 Å². The Bertz CT molecular complexity index is 1150. The number of thioether (sulfide) groups is 1. The molecule has 0 aromatic heterocycles. The molecule has 0 aliphatic carbocycles. The van der Waals surface area contributed by atoms with Crippen molar-refractivity contribution in [2.75, 3.05) is 5.75 Å². The van der Waals surface area contributed by atoms with E-state index in [0.29, 0.717) is 9.93 Å². The lowest BCUT2D eigenvalue weighted by atomic mass is 10.2. The molecule has 2 nitrogen and oxygen atoms in total. The summed E-state index contributed by atoms with van der Waals surface area (Å²) in [4.78, 5) is 13.5. The Morgan fingerprint density at radius 1 is 0.706 bits per heavy atom. The van der Waals surface area contributed by atoms with E-state index in [1.807, 2.05) is 84.9 Å². The average molecular weight is 503 g/mol. The van der Waals surface area contributed by atoms with Gasteiger partial charge < -0.3 is 0 Å². The third-order valence-corrected chi connectivity index (χ3v) is 11.3. The molecule has 0 atom stereocenters. The zero-order valence-electron chi connectivity index (χ0n) is 18.9. The van der Waals surface area contributed by atoms with E-state index in [1.165, 1.54) is 0 Å². The minimum absolute atomic E-state index is 0.169. The largest absolute Gasteiger partial charge is 0.290 e. The summed E-state index contributed by atoms with van der Waals surface area (Å²) in [5, 5.41) is 6.68. The highest BCUT2D eigenvalue weighted by Crippen LogP contribution is 2.63. The molecule has 0 unspecified atom stereocenters. The second-order valence-electron chi connectivity index (χ2n) is 7.55. The van der Waals surface area contributed by atoms with E-state index in [1.54, 1.807) is 11.8 Å². The highest BCUT2D eigenvalue weighted by molar-refractivity contribution is 8.06. The Labute approximate surface area is 211 Å². The molecule has 5 heteroatoms. The van der Waals surface area contributed by atoms with Crippen molar-refractivity contribution < 1.29 is 4.79 Å². The minimum Gasteiger partial charge on any atom is -0.290 e. The predicted octanol–water partition coefficient (Wildman–Crippen LogP) is 6.53. The van der Waals surface area contributed by atoms with Crippen LogP contribution in [0.15, 0.2) is 131 Å². The predicted molar refractivity (Wildman–Crippen MR) is 150 cm³/mol. The third-order valence-electron chi connectivity index (χ3n) is 5.49. The third kappa shape index (κ3) is 4.98. The molecule has 170 valence electrons. The van der Waals surface area contributed by atoms with Gasteiger partial charge in [0.2, 0.25) is 5.44 Å². The molecule has 1 amide bonds. The normalized spacial score (nSPS) is 12.1. The van der Waals surface area contributed by atoms with Gasteiger partial charge in [-0.3, -0.25) is 10.1 Å². The summed E-state index contributed by atoms with van der Waals surface area (Å²) in [6.45, 7) is 2.07. The molecule has 4 aromatic rings. The van der Waals surface area contributed by atoms with Crippen molar-refractivity contribution in [3.05, 3.63) is 137 Å². The number of carbonyl (C=O) groups is 1. The molecule has 0 aliphatic heterocycles. The zero-order valence-corrected chi connectivity index (χ0v) is 21.4. The smallest absolute Gasteiger partial charge is 0.258 e. The van der Waals surface area contributed by atoms with Gasteiger partial charge in [-0.25, -0.2) is 0 Å². The van der Waals surface area contributed by atoms with Crippen molar-refractivity contribution in [3.63, 3.8) is 0 Å². The zero-order chi connectivity index (χ0) is 23.8. The maximum absolute atomic E-state index is 13.5. The van der Waals surface area contributed by atoms with Gasteiger partial charge in [0, 0.05) is 5.56 Å². The molecule has 0 fully saturated rings. The number of nitrogens with one attached hydrogen (secondary N) is 1. The summed E-state index contributed by atoms with van der Waals surface area (Å²) in [6.07, 6.45) is 0. The summed E-state index contributed by atoms with van der Waals surface area (Å²) in [7, 11) is -2.53. The number of benzene rings is 4. The topological polar surface area (TPSA) is 29.1 Å². The molecule has 4 aromatic carbocycles. The Kier molecular flexibility index (Phi) is 8.24. The average Bonchev–Trinajstić information content (AvgIpc) is 2.91. The Morgan fingerprint density at radius 3 is 1.47 bits per heavy atom. The second-order valence-corrected chi connectivity index (χ2v) is 12.8. The number of rotatable bonds is 8. The molecule has 0 saturated carbocycles. The van der Waals surface area contributed by atoms with Crippen LogP contribution in [0.25, 0.3) is 0 Å². The summed E-state index contributed by atoms with van der Waals surface area (Å²) in [5.74, 6) is 0.625. The van der Waals surface area contributed by atoms with Crippen molar-refractivity contribution in [3.8, 4) is 0 Å². The molecule has 0 aliphatic rings. The van der Waals surface area contributed by atoms with Gasteiger partial charge >= 0.3 is 0 Å². The maximum atomic E-state index is 13.5. The standard InChI is InChI=1S/C29H25ClNOPS/c1-2-34-27(30)29(31-28(32)23-15-7-3-8-16-23)33(24-17-9-4-10-18-24,25-19-11-5-12-20-25)26-21-13-6-14-22-26/h3-22H,2H2,1H3/p+1/b29-27+. The summed E-state index contributed by atoms with van der Waals surface area (Å²) < 4.78 is 0.608. The molecule has 0 saturated heterocycles.